The third-order valence-corrected chi connectivity index (χ3v) is 4.95. The second-order valence-electron chi connectivity index (χ2n) is 6.66. The van der Waals surface area contributed by atoms with Crippen molar-refractivity contribution in [2.45, 2.75) is 32.4 Å². The molecule has 7 heteroatoms. The summed E-state index contributed by atoms with van der Waals surface area (Å²) in [5, 5.41) is 8.71. The van der Waals surface area contributed by atoms with Gasteiger partial charge in [0.05, 0.1) is 17.1 Å². The molecule has 4 rings (SSSR count). The van der Waals surface area contributed by atoms with Gasteiger partial charge < -0.3 is 14.1 Å². The molecular formula is C21H20ClN3O3. The van der Waals surface area contributed by atoms with Gasteiger partial charge >= 0.3 is 0 Å². The van der Waals surface area contributed by atoms with Crippen molar-refractivity contribution in [2.75, 3.05) is 6.54 Å². The molecule has 28 heavy (non-hydrogen) atoms. The van der Waals surface area contributed by atoms with E-state index in [2.05, 4.69) is 10.2 Å². The zero-order valence-electron chi connectivity index (χ0n) is 15.5. The van der Waals surface area contributed by atoms with Gasteiger partial charge in [-0.15, -0.1) is 10.2 Å². The number of carbonyl (C=O) groups excluding carboxylic acids is 1. The van der Waals surface area contributed by atoms with Crippen molar-refractivity contribution in [2.24, 2.45) is 0 Å². The van der Waals surface area contributed by atoms with Crippen molar-refractivity contribution in [1.29, 1.82) is 0 Å². The fourth-order valence-electron chi connectivity index (χ4n) is 3.28. The van der Waals surface area contributed by atoms with Gasteiger partial charge in [0.2, 0.25) is 11.8 Å². The van der Waals surface area contributed by atoms with Crippen LogP contribution in [0.2, 0.25) is 5.02 Å². The number of hydrogen-bond donors (Lipinski definition) is 0. The maximum absolute atomic E-state index is 13.0. The summed E-state index contributed by atoms with van der Waals surface area (Å²) in [6, 6.07) is 15.0. The van der Waals surface area contributed by atoms with Crippen LogP contribution in [0.15, 0.2) is 52.9 Å². The molecule has 1 amide bonds. The van der Waals surface area contributed by atoms with Gasteiger partial charge in [-0.3, -0.25) is 4.79 Å². The van der Waals surface area contributed by atoms with E-state index < -0.39 is 6.10 Å². The molecule has 1 unspecified atom stereocenters. The van der Waals surface area contributed by atoms with E-state index in [1.807, 2.05) is 49.4 Å². The van der Waals surface area contributed by atoms with Gasteiger partial charge in [0.1, 0.15) is 5.75 Å². The lowest BCUT2D eigenvalue weighted by Gasteiger charge is -2.23. The van der Waals surface area contributed by atoms with Crippen molar-refractivity contribution in [3.63, 3.8) is 0 Å². The van der Waals surface area contributed by atoms with E-state index in [-0.39, 0.29) is 12.5 Å². The Bertz CT molecular complexity index is 963. The van der Waals surface area contributed by atoms with Crippen LogP contribution >= 0.6 is 11.6 Å². The number of fused-ring (bicyclic) bond motifs is 1. The first-order valence-corrected chi connectivity index (χ1v) is 9.64. The van der Waals surface area contributed by atoms with Gasteiger partial charge in [-0.25, -0.2) is 0 Å². The van der Waals surface area contributed by atoms with E-state index in [0.29, 0.717) is 35.3 Å². The molecule has 1 aliphatic heterocycles. The van der Waals surface area contributed by atoms with Gasteiger partial charge in [0.15, 0.2) is 6.10 Å². The second-order valence-corrected chi connectivity index (χ2v) is 7.07. The molecule has 0 aliphatic carbocycles. The smallest absolute Gasteiger partial charge is 0.264 e. The van der Waals surface area contributed by atoms with Crippen molar-refractivity contribution < 1.29 is 13.9 Å². The highest BCUT2D eigenvalue weighted by molar-refractivity contribution is 6.33. The summed E-state index contributed by atoms with van der Waals surface area (Å²) in [4.78, 5) is 14.7. The second kappa shape index (κ2) is 8.02. The summed E-state index contributed by atoms with van der Waals surface area (Å²) in [5.41, 5.74) is 1.72. The lowest BCUT2D eigenvalue weighted by atomic mass is 10.1. The minimum Gasteiger partial charge on any atom is -0.480 e. The van der Waals surface area contributed by atoms with E-state index in [9.17, 15) is 4.79 Å². The number of halogens is 1. The predicted molar refractivity (Wildman–Crippen MR) is 105 cm³/mol. The van der Waals surface area contributed by atoms with Crippen LogP contribution in [0.4, 0.5) is 0 Å². The SMILES string of the molecule is CCCN(Cc1nnc(-c2ccccc2Cl)o1)C(=O)C1Cc2ccccc2O1. The van der Waals surface area contributed by atoms with Crippen LogP contribution in [0.25, 0.3) is 11.5 Å². The van der Waals surface area contributed by atoms with E-state index >= 15 is 0 Å². The fourth-order valence-corrected chi connectivity index (χ4v) is 3.50. The van der Waals surface area contributed by atoms with Gasteiger partial charge in [0, 0.05) is 13.0 Å². The average molecular weight is 398 g/mol. The highest BCUT2D eigenvalue weighted by Crippen LogP contribution is 2.30. The molecule has 0 bridgehead atoms. The standard InChI is InChI=1S/C21H20ClN3O3/c1-2-11-25(21(26)18-12-14-7-3-6-10-17(14)27-18)13-19-23-24-20(28-19)15-8-4-5-9-16(15)22/h3-10,18H,2,11-13H2,1H3. The summed E-state index contributed by atoms with van der Waals surface area (Å²) in [7, 11) is 0. The van der Waals surface area contributed by atoms with Crippen LogP contribution in [0, 0.1) is 0 Å². The number of amides is 1. The molecule has 0 saturated carbocycles. The number of ether oxygens (including phenoxy) is 1. The molecule has 0 fully saturated rings. The quantitative estimate of drug-likeness (QED) is 0.625. The summed E-state index contributed by atoms with van der Waals surface area (Å²) in [6.45, 7) is 2.84. The van der Waals surface area contributed by atoms with Crippen LogP contribution in [0.3, 0.4) is 0 Å². The zero-order chi connectivity index (χ0) is 19.5. The number of aromatic nitrogens is 2. The summed E-state index contributed by atoms with van der Waals surface area (Å²) in [5.74, 6) is 1.41. The Hall–Kier alpha value is -2.86. The number of benzene rings is 2. The summed E-state index contributed by atoms with van der Waals surface area (Å²) in [6.07, 6.45) is 0.871. The Balaban J connectivity index is 1.49. The molecule has 3 aromatic rings. The van der Waals surface area contributed by atoms with Crippen LogP contribution in [-0.4, -0.2) is 33.7 Å². The summed E-state index contributed by atoms with van der Waals surface area (Å²) < 4.78 is 11.6. The average Bonchev–Trinajstić information content (AvgIpc) is 3.34. The Morgan fingerprint density at radius 3 is 2.75 bits per heavy atom. The number of hydrogen-bond acceptors (Lipinski definition) is 5. The highest BCUT2D eigenvalue weighted by atomic mass is 35.5. The Kier molecular flexibility index (Phi) is 5.30. The molecular weight excluding hydrogens is 378 g/mol. The third kappa shape index (κ3) is 3.73. The van der Waals surface area contributed by atoms with Gasteiger partial charge in [-0.05, 0) is 30.2 Å². The largest absolute Gasteiger partial charge is 0.480 e. The van der Waals surface area contributed by atoms with Crippen LogP contribution in [-0.2, 0) is 17.8 Å². The molecule has 0 N–H and O–H groups in total. The van der Waals surface area contributed by atoms with Crippen LogP contribution < -0.4 is 4.74 Å². The molecule has 1 atom stereocenters. The topological polar surface area (TPSA) is 68.5 Å². The Morgan fingerprint density at radius 2 is 1.96 bits per heavy atom. The Labute approximate surface area is 168 Å². The maximum Gasteiger partial charge on any atom is 0.264 e. The number of nitrogens with zero attached hydrogens (tertiary/aromatic N) is 3. The summed E-state index contributed by atoms with van der Waals surface area (Å²) >= 11 is 6.20. The third-order valence-electron chi connectivity index (χ3n) is 4.63. The number of para-hydroxylation sites is 1. The first-order valence-electron chi connectivity index (χ1n) is 9.26. The lowest BCUT2D eigenvalue weighted by Crippen LogP contribution is -2.41. The van der Waals surface area contributed by atoms with Gasteiger partial charge in [0.25, 0.3) is 5.91 Å². The minimum atomic E-state index is -0.519. The fraction of sp³-hybridized carbons (Fsp3) is 0.286. The van der Waals surface area contributed by atoms with Gasteiger partial charge in [-0.2, -0.15) is 0 Å². The zero-order valence-corrected chi connectivity index (χ0v) is 16.2. The van der Waals surface area contributed by atoms with E-state index in [1.54, 1.807) is 11.0 Å². The maximum atomic E-state index is 13.0. The number of carbonyl (C=O) groups is 1. The lowest BCUT2D eigenvalue weighted by molar-refractivity contribution is -0.139. The molecule has 0 spiro atoms. The first kappa shape index (κ1) is 18.5. The molecule has 144 valence electrons. The van der Waals surface area contributed by atoms with Gasteiger partial charge in [-0.1, -0.05) is 48.9 Å². The van der Waals surface area contributed by atoms with E-state index in [4.69, 9.17) is 20.8 Å². The monoisotopic (exact) mass is 397 g/mol. The molecule has 1 aromatic heterocycles. The minimum absolute atomic E-state index is 0.0736. The molecule has 0 radical (unpaired) electrons. The predicted octanol–water partition coefficient (Wildman–Crippen LogP) is 4.13. The number of rotatable bonds is 6. The molecule has 0 saturated heterocycles. The van der Waals surface area contributed by atoms with Crippen molar-refractivity contribution in [3.8, 4) is 17.2 Å². The molecule has 1 aliphatic rings. The highest BCUT2D eigenvalue weighted by Gasteiger charge is 2.32. The first-order chi connectivity index (χ1) is 13.7. The van der Waals surface area contributed by atoms with E-state index in [1.165, 1.54) is 0 Å². The van der Waals surface area contributed by atoms with Crippen molar-refractivity contribution >= 4 is 17.5 Å². The van der Waals surface area contributed by atoms with Crippen molar-refractivity contribution in [3.05, 3.63) is 65.0 Å². The molecule has 2 aromatic carbocycles. The van der Waals surface area contributed by atoms with E-state index in [0.717, 1.165) is 17.7 Å². The van der Waals surface area contributed by atoms with Crippen LogP contribution in [0.1, 0.15) is 24.8 Å². The van der Waals surface area contributed by atoms with Crippen molar-refractivity contribution in [1.82, 2.24) is 15.1 Å². The Morgan fingerprint density at radius 1 is 1.18 bits per heavy atom. The molecule has 6 nitrogen and oxygen atoms in total. The van der Waals surface area contributed by atoms with Crippen LogP contribution in [0.5, 0.6) is 5.75 Å². The normalized spacial score (nSPS) is 15.1. The molecule has 2 heterocycles.